The minimum absolute atomic E-state index is 0.0114. The van der Waals surface area contributed by atoms with Crippen molar-refractivity contribution in [3.05, 3.63) is 59.4 Å². The van der Waals surface area contributed by atoms with Crippen LogP contribution in [0.3, 0.4) is 0 Å². The van der Waals surface area contributed by atoms with Crippen molar-refractivity contribution in [3.63, 3.8) is 0 Å². The van der Waals surface area contributed by atoms with Crippen LogP contribution in [-0.4, -0.2) is 29.9 Å². The van der Waals surface area contributed by atoms with Crippen molar-refractivity contribution >= 4 is 11.6 Å². The number of fused-ring (bicyclic) bond motifs is 1. The molecule has 0 saturated heterocycles. The van der Waals surface area contributed by atoms with Crippen molar-refractivity contribution in [1.29, 1.82) is 0 Å². The van der Waals surface area contributed by atoms with E-state index in [2.05, 4.69) is 16.4 Å². The highest BCUT2D eigenvalue weighted by Crippen LogP contribution is 2.33. The Morgan fingerprint density at radius 3 is 2.86 bits per heavy atom. The molecular formula is C17H19N3O. The van der Waals surface area contributed by atoms with Crippen LogP contribution in [0.25, 0.3) is 0 Å². The zero-order chi connectivity index (χ0) is 14.8. The average molecular weight is 281 g/mol. The summed E-state index contributed by atoms with van der Waals surface area (Å²) in [6, 6.07) is 11.9. The van der Waals surface area contributed by atoms with Gasteiger partial charge in [-0.05, 0) is 36.6 Å². The number of carbonyl (C=O) groups is 1. The molecule has 1 aliphatic carbocycles. The Kier molecular flexibility index (Phi) is 3.60. The maximum atomic E-state index is 12.3. The highest BCUT2D eigenvalue weighted by molar-refractivity contribution is 5.99. The summed E-state index contributed by atoms with van der Waals surface area (Å²) in [5.41, 5.74) is 3.97. The number of anilines is 1. The smallest absolute Gasteiger partial charge is 0.255 e. The van der Waals surface area contributed by atoms with E-state index in [1.807, 2.05) is 36.5 Å². The summed E-state index contributed by atoms with van der Waals surface area (Å²) in [7, 11) is 3.54. The fraction of sp³-hybridized carbons (Fsp3) is 0.294. The highest BCUT2D eigenvalue weighted by atomic mass is 16.2. The fourth-order valence-corrected chi connectivity index (χ4v) is 2.78. The van der Waals surface area contributed by atoms with Crippen molar-refractivity contribution in [2.45, 2.75) is 18.9 Å². The zero-order valence-corrected chi connectivity index (χ0v) is 12.3. The van der Waals surface area contributed by atoms with Crippen LogP contribution in [-0.2, 0) is 6.42 Å². The highest BCUT2D eigenvalue weighted by Gasteiger charge is 2.24. The monoisotopic (exact) mass is 281 g/mol. The quantitative estimate of drug-likeness (QED) is 0.941. The normalized spacial score (nSPS) is 16.4. The SMILES string of the molecule is CN(C)C(=O)c1ccccc1NC1CCc2cccnc21. The Bertz CT molecular complexity index is 667. The lowest BCUT2D eigenvalue weighted by molar-refractivity contribution is 0.0828. The number of carbonyl (C=O) groups excluding carboxylic acids is 1. The standard InChI is InChI=1S/C17H19N3O/c1-20(2)17(21)13-7-3-4-8-14(13)19-15-10-9-12-6-5-11-18-16(12)15/h3-8,11,15,19H,9-10H2,1-2H3. The molecule has 2 aromatic rings. The summed E-state index contributed by atoms with van der Waals surface area (Å²) in [5.74, 6) is 0.0114. The first-order chi connectivity index (χ1) is 10.2. The van der Waals surface area contributed by atoms with Crippen LogP contribution >= 0.6 is 0 Å². The summed E-state index contributed by atoms with van der Waals surface area (Å²) < 4.78 is 0. The molecule has 1 N–H and O–H groups in total. The van der Waals surface area contributed by atoms with Crippen LogP contribution in [0.4, 0.5) is 5.69 Å². The Hall–Kier alpha value is -2.36. The molecule has 1 atom stereocenters. The van der Waals surface area contributed by atoms with Gasteiger partial charge in [-0.3, -0.25) is 9.78 Å². The lowest BCUT2D eigenvalue weighted by atomic mass is 10.1. The van der Waals surface area contributed by atoms with Gasteiger partial charge in [0.2, 0.25) is 0 Å². The molecular weight excluding hydrogens is 262 g/mol. The molecule has 0 spiro atoms. The second-order valence-electron chi connectivity index (χ2n) is 5.53. The second kappa shape index (κ2) is 5.56. The van der Waals surface area contributed by atoms with E-state index in [1.54, 1.807) is 19.0 Å². The van der Waals surface area contributed by atoms with Gasteiger partial charge in [0.25, 0.3) is 5.91 Å². The number of amides is 1. The molecule has 1 amide bonds. The molecule has 21 heavy (non-hydrogen) atoms. The van der Waals surface area contributed by atoms with E-state index in [0.717, 1.165) is 24.2 Å². The van der Waals surface area contributed by atoms with Crippen LogP contribution in [0, 0.1) is 0 Å². The minimum Gasteiger partial charge on any atom is -0.376 e. The first kappa shape index (κ1) is 13.6. The van der Waals surface area contributed by atoms with Gasteiger partial charge < -0.3 is 10.2 Å². The molecule has 0 aliphatic heterocycles. The van der Waals surface area contributed by atoms with Gasteiger partial charge in [0.15, 0.2) is 0 Å². The molecule has 1 unspecified atom stereocenters. The van der Waals surface area contributed by atoms with E-state index in [9.17, 15) is 4.79 Å². The summed E-state index contributed by atoms with van der Waals surface area (Å²) in [6.07, 6.45) is 3.87. The molecule has 1 aromatic heterocycles. The fourth-order valence-electron chi connectivity index (χ4n) is 2.78. The predicted octanol–water partition coefficient (Wildman–Crippen LogP) is 2.88. The number of pyridine rings is 1. The number of para-hydroxylation sites is 1. The Morgan fingerprint density at radius 2 is 2.05 bits per heavy atom. The summed E-state index contributed by atoms with van der Waals surface area (Å²) in [6.45, 7) is 0. The second-order valence-corrected chi connectivity index (χ2v) is 5.53. The van der Waals surface area contributed by atoms with Gasteiger partial charge >= 0.3 is 0 Å². The predicted molar refractivity (Wildman–Crippen MR) is 83.4 cm³/mol. The van der Waals surface area contributed by atoms with E-state index < -0.39 is 0 Å². The molecule has 0 fully saturated rings. The number of hydrogen-bond donors (Lipinski definition) is 1. The van der Waals surface area contributed by atoms with Gasteiger partial charge in [0, 0.05) is 26.0 Å². The first-order valence-electron chi connectivity index (χ1n) is 7.18. The van der Waals surface area contributed by atoms with Crippen LogP contribution in [0.5, 0.6) is 0 Å². The number of nitrogens with zero attached hydrogens (tertiary/aromatic N) is 2. The van der Waals surface area contributed by atoms with Gasteiger partial charge in [0.05, 0.1) is 17.3 Å². The molecule has 108 valence electrons. The summed E-state index contributed by atoms with van der Waals surface area (Å²) in [5, 5.41) is 3.49. The zero-order valence-electron chi connectivity index (χ0n) is 12.3. The molecule has 4 nitrogen and oxygen atoms in total. The van der Waals surface area contributed by atoms with Gasteiger partial charge in [-0.2, -0.15) is 0 Å². The number of hydrogen-bond acceptors (Lipinski definition) is 3. The molecule has 0 saturated carbocycles. The van der Waals surface area contributed by atoms with Crippen LogP contribution in [0.15, 0.2) is 42.6 Å². The van der Waals surface area contributed by atoms with Crippen molar-refractivity contribution < 1.29 is 4.79 Å². The van der Waals surface area contributed by atoms with Gasteiger partial charge in [0.1, 0.15) is 0 Å². The molecule has 0 bridgehead atoms. The lowest BCUT2D eigenvalue weighted by Gasteiger charge is -2.19. The third-order valence-electron chi connectivity index (χ3n) is 3.85. The number of rotatable bonds is 3. The van der Waals surface area contributed by atoms with E-state index in [4.69, 9.17) is 0 Å². The number of aryl methyl sites for hydroxylation is 1. The third kappa shape index (κ3) is 2.61. The molecule has 0 radical (unpaired) electrons. The maximum absolute atomic E-state index is 12.3. The van der Waals surface area contributed by atoms with Crippen molar-refractivity contribution in [2.24, 2.45) is 0 Å². The summed E-state index contributed by atoms with van der Waals surface area (Å²) in [4.78, 5) is 18.3. The average Bonchev–Trinajstić information content (AvgIpc) is 2.90. The van der Waals surface area contributed by atoms with Crippen molar-refractivity contribution in [3.8, 4) is 0 Å². The number of nitrogens with one attached hydrogen (secondary N) is 1. The van der Waals surface area contributed by atoms with Gasteiger partial charge in [-0.25, -0.2) is 0 Å². The van der Waals surface area contributed by atoms with E-state index in [0.29, 0.717) is 5.56 Å². The lowest BCUT2D eigenvalue weighted by Crippen LogP contribution is -2.23. The largest absolute Gasteiger partial charge is 0.376 e. The van der Waals surface area contributed by atoms with E-state index in [-0.39, 0.29) is 11.9 Å². The van der Waals surface area contributed by atoms with Crippen molar-refractivity contribution in [2.75, 3.05) is 19.4 Å². The van der Waals surface area contributed by atoms with Crippen LogP contribution in [0.2, 0.25) is 0 Å². The van der Waals surface area contributed by atoms with Crippen LogP contribution in [0.1, 0.15) is 34.1 Å². The molecule has 4 heteroatoms. The van der Waals surface area contributed by atoms with Crippen molar-refractivity contribution in [1.82, 2.24) is 9.88 Å². The van der Waals surface area contributed by atoms with Crippen LogP contribution < -0.4 is 5.32 Å². The van der Waals surface area contributed by atoms with Gasteiger partial charge in [-0.15, -0.1) is 0 Å². The summed E-state index contributed by atoms with van der Waals surface area (Å²) >= 11 is 0. The van der Waals surface area contributed by atoms with E-state index >= 15 is 0 Å². The number of benzene rings is 1. The Morgan fingerprint density at radius 1 is 1.24 bits per heavy atom. The molecule has 1 aliphatic rings. The first-order valence-corrected chi connectivity index (χ1v) is 7.18. The van der Waals surface area contributed by atoms with E-state index in [1.165, 1.54) is 5.56 Å². The molecule has 1 aromatic carbocycles. The maximum Gasteiger partial charge on any atom is 0.255 e. The Balaban J connectivity index is 1.88. The van der Waals surface area contributed by atoms with Gasteiger partial charge in [-0.1, -0.05) is 18.2 Å². The Labute approximate surface area is 124 Å². The topological polar surface area (TPSA) is 45.2 Å². The molecule has 3 rings (SSSR count). The third-order valence-corrected chi connectivity index (χ3v) is 3.85. The molecule has 1 heterocycles. The minimum atomic E-state index is 0.0114. The number of aromatic nitrogens is 1.